The SMILES string of the molecule is Cc1nc(Cc2nc3ncnc(N)c3[nH]2)c2ccccc2n1. The van der Waals surface area contributed by atoms with Gasteiger partial charge in [-0.3, -0.25) is 0 Å². The highest BCUT2D eigenvalue weighted by atomic mass is 15.0. The highest BCUT2D eigenvalue weighted by molar-refractivity contribution is 5.82. The molecule has 0 aliphatic heterocycles. The smallest absolute Gasteiger partial charge is 0.183 e. The van der Waals surface area contributed by atoms with Crippen LogP contribution in [-0.4, -0.2) is 29.9 Å². The topological polar surface area (TPSA) is 106 Å². The minimum Gasteiger partial charge on any atom is -0.382 e. The summed E-state index contributed by atoms with van der Waals surface area (Å²) < 4.78 is 0. The number of hydrogen-bond acceptors (Lipinski definition) is 6. The predicted octanol–water partition coefficient (Wildman–Crippen LogP) is 1.78. The number of hydrogen-bond donors (Lipinski definition) is 2. The molecule has 0 unspecified atom stereocenters. The third-order valence-electron chi connectivity index (χ3n) is 3.50. The number of anilines is 1. The van der Waals surface area contributed by atoms with E-state index in [2.05, 4.69) is 29.9 Å². The molecule has 4 aromatic rings. The molecule has 0 saturated heterocycles. The Kier molecular flexibility index (Phi) is 2.72. The molecule has 0 saturated carbocycles. The van der Waals surface area contributed by atoms with Crippen LogP contribution in [-0.2, 0) is 6.42 Å². The third kappa shape index (κ3) is 2.03. The normalized spacial score (nSPS) is 11.3. The van der Waals surface area contributed by atoms with Crippen molar-refractivity contribution < 1.29 is 0 Å². The number of nitrogens with zero attached hydrogens (tertiary/aromatic N) is 5. The monoisotopic (exact) mass is 291 g/mol. The zero-order valence-corrected chi connectivity index (χ0v) is 11.9. The lowest BCUT2D eigenvalue weighted by molar-refractivity contribution is 0.955. The zero-order chi connectivity index (χ0) is 15.1. The minimum atomic E-state index is 0.396. The van der Waals surface area contributed by atoms with E-state index >= 15 is 0 Å². The summed E-state index contributed by atoms with van der Waals surface area (Å²) in [6, 6.07) is 7.94. The average Bonchev–Trinajstić information content (AvgIpc) is 2.91. The highest BCUT2D eigenvalue weighted by Gasteiger charge is 2.11. The molecule has 0 spiro atoms. The van der Waals surface area contributed by atoms with E-state index in [1.165, 1.54) is 6.33 Å². The maximum absolute atomic E-state index is 5.83. The van der Waals surface area contributed by atoms with Crippen molar-refractivity contribution in [3.05, 3.63) is 47.9 Å². The van der Waals surface area contributed by atoms with Gasteiger partial charge in [0.15, 0.2) is 11.5 Å². The number of H-pyrrole nitrogens is 1. The van der Waals surface area contributed by atoms with Crippen molar-refractivity contribution in [3.63, 3.8) is 0 Å². The lowest BCUT2D eigenvalue weighted by atomic mass is 10.1. The Labute approximate surface area is 125 Å². The van der Waals surface area contributed by atoms with Gasteiger partial charge in [0, 0.05) is 11.8 Å². The van der Waals surface area contributed by atoms with Crippen LogP contribution in [0.1, 0.15) is 17.3 Å². The first kappa shape index (κ1) is 12.6. The molecule has 0 aliphatic carbocycles. The lowest BCUT2D eigenvalue weighted by Gasteiger charge is -2.05. The van der Waals surface area contributed by atoms with Gasteiger partial charge in [-0.1, -0.05) is 18.2 Å². The molecule has 108 valence electrons. The van der Waals surface area contributed by atoms with Crippen LogP contribution in [0.15, 0.2) is 30.6 Å². The quantitative estimate of drug-likeness (QED) is 0.583. The number of nitrogens with two attached hydrogens (primary N) is 1. The Balaban J connectivity index is 1.84. The summed E-state index contributed by atoms with van der Waals surface area (Å²) in [5, 5.41) is 1.02. The van der Waals surface area contributed by atoms with E-state index in [1.54, 1.807) is 0 Å². The zero-order valence-electron chi connectivity index (χ0n) is 11.9. The second kappa shape index (κ2) is 4.73. The minimum absolute atomic E-state index is 0.396. The molecule has 0 amide bonds. The summed E-state index contributed by atoms with van der Waals surface area (Å²) in [6.07, 6.45) is 1.96. The number of nitrogen functional groups attached to an aromatic ring is 1. The molecule has 7 heteroatoms. The molecule has 0 aliphatic rings. The van der Waals surface area contributed by atoms with E-state index in [4.69, 9.17) is 5.73 Å². The standard InChI is InChI=1S/C15H13N7/c1-8-19-10-5-3-2-4-9(10)11(20-8)6-12-21-13-14(16)17-7-18-15(13)22-12/h2-5,7H,6H2,1H3,(H3,16,17,18,21,22). The van der Waals surface area contributed by atoms with E-state index < -0.39 is 0 Å². The maximum atomic E-state index is 5.83. The first-order valence-electron chi connectivity index (χ1n) is 6.88. The molecule has 0 bridgehead atoms. The summed E-state index contributed by atoms with van der Waals surface area (Å²) in [7, 11) is 0. The number of imidazole rings is 1. The molecule has 0 fully saturated rings. The average molecular weight is 291 g/mol. The van der Waals surface area contributed by atoms with Gasteiger partial charge in [0.05, 0.1) is 11.2 Å². The van der Waals surface area contributed by atoms with Crippen LogP contribution in [0.2, 0.25) is 0 Å². The van der Waals surface area contributed by atoms with Crippen LogP contribution in [0.4, 0.5) is 5.82 Å². The molecular weight excluding hydrogens is 278 g/mol. The Hall–Kier alpha value is -3.09. The van der Waals surface area contributed by atoms with Crippen molar-refractivity contribution in [3.8, 4) is 0 Å². The largest absolute Gasteiger partial charge is 0.382 e. The molecule has 3 aromatic heterocycles. The highest BCUT2D eigenvalue weighted by Crippen LogP contribution is 2.20. The number of aryl methyl sites for hydroxylation is 1. The second-order valence-corrected chi connectivity index (χ2v) is 5.05. The lowest BCUT2D eigenvalue weighted by Crippen LogP contribution is -2.00. The Morgan fingerprint density at radius 3 is 2.82 bits per heavy atom. The van der Waals surface area contributed by atoms with Crippen LogP contribution in [0, 0.1) is 6.92 Å². The fourth-order valence-electron chi connectivity index (χ4n) is 2.54. The van der Waals surface area contributed by atoms with Gasteiger partial charge in [-0.25, -0.2) is 24.9 Å². The predicted molar refractivity (Wildman–Crippen MR) is 83.2 cm³/mol. The number of nitrogens with one attached hydrogen (secondary N) is 1. The molecule has 22 heavy (non-hydrogen) atoms. The first-order chi connectivity index (χ1) is 10.7. The van der Waals surface area contributed by atoms with Gasteiger partial charge in [-0.2, -0.15) is 0 Å². The van der Waals surface area contributed by atoms with Crippen LogP contribution in [0.5, 0.6) is 0 Å². The van der Waals surface area contributed by atoms with Crippen LogP contribution >= 0.6 is 0 Å². The van der Waals surface area contributed by atoms with E-state index in [-0.39, 0.29) is 0 Å². The van der Waals surface area contributed by atoms with Gasteiger partial charge >= 0.3 is 0 Å². The summed E-state index contributed by atoms with van der Waals surface area (Å²) in [5.41, 5.74) is 8.91. The van der Waals surface area contributed by atoms with E-state index in [9.17, 15) is 0 Å². The third-order valence-corrected chi connectivity index (χ3v) is 3.50. The molecule has 0 atom stereocenters. The van der Waals surface area contributed by atoms with E-state index in [1.807, 2.05) is 31.2 Å². The summed E-state index contributed by atoms with van der Waals surface area (Å²) in [6.45, 7) is 1.89. The number of para-hydroxylation sites is 1. The Morgan fingerprint density at radius 1 is 1.09 bits per heavy atom. The van der Waals surface area contributed by atoms with Crippen molar-refractivity contribution >= 4 is 27.9 Å². The molecule has 4 rings (SSSR count). The van der Waals surface area contributed by atoms with E-state index in [0.29, 0.717) is 23.4 Å². The van der Waals surface area contributed by atoms with Crippen molar-refractivity contribution in [2.24, 2.45) is 0 Å². The summed E-state index contributed by atoms with van der Waals surface area (Å²) in [5.74, 6) is 1.89. The van der Waals surface area contributed by atoms with Crippen molar-refractivity contribution in [1.29, 1.82) is 0 Å². The van der Waals surface area contributed by atoms with Crippen molar-refractivity contribution in [1.82, 2.24) is 29.9 Å². The number of rotatable bonds is 2. The van der Waals surface area contributed by atoms with Gasteiger partial charge < -0.3 is 10.7 Å². The molecule has 3 heterocycles. The first-order valence-corrected chi connectivity index (χ1v) is 6.88. The van der Waals surface area contributed by atoms with Gasteiger partial charge in [0.25, 0.3) is 0 Å². The van der Waals surface area contributed by atoms with Gasteiger partial charge in [0.2, 0.25) is 0 Å². The van der Waals surface area contributed by atoms with Crippen molar-refractivity contribution in [2.75, 3.05) is 5.73 Å². The molecule has 1 aromatic carbocycles. The molecular formula is C15H13N7. The Bertz CT molecular complexity index is 990. The number of aromatic amines is 1. The maximum Gasteiger partial charge on any atom is 0.183 e. The van der Waals surface area contributed by atoms with Gasteiger partial charge in [-0.15, -0.1) is 0 Å². The van der Waals surface area contributed by atoms with Crippen LogP contribution in [0.3, 0.4) is 0 Å². The number of aromatic nitrogens is 6. The van der Waals surface area contributed by atoms with Gasteiger partial charge in [0.1, 0.15) is 23.5 Å². The summed E-state index contributed by atoms with van der Waals surface area (Å²) in [4.78, 5) is 24.7. The number of fused-ring (bicyclic) bond motifs is 2. The second-order valence-electron chi connectivity index (χ2n) is 5.05. The Morgan fingerprint density at radius 2 is 1.95 bits per heavy atom. The molecule has 3 N–H and O–H groups in total. The molecule has 0 radical (unpaired) electrons. The van der Waals surface area contributed by atoms with Crippen LogP contribution < -0.4 is 5.73 Å². The molecule has 7 nitrogen and oxygen atoms in total. The van der Waals surface area contributed by atoms with Gasteiger partial charge in [-0.05, 0) is 13.0 Å². The van der Waals surface area contributed by atoms with Crippen LogP contribution in [0.25, 0.3) is 22.1 Å². The van der Waals surface area contributed by atoms with E-state index in [0.717, 1.165) is 28.2 Å². The fourth-order valence-corrected chi connectivity index (χ4v) is 2.54. The fraction of sp³-hybridized carbons (Fsp3) is 0.133. The van der Waals surface area contributed by atoms with Crippen molar-refractivity contribution in [2.45, 2.75) is 13.3 Å². The summed E-state index contributed by atoms with van der Waals surface area (Å²) >= 11 is 0. The number of benzene rings is 1.